The number of carbonyl (C=O) groups excluding carboxylic acids is 3. The Labute approximate surface area is 311 Å². The van der Waals surface area contributed by atoms with Gasteiger partial charge in [0.2, 0.25) is 5.91 Å². The lowest BCUT2D eigenvalue weighted by Crippen LogP contribution is -2.69. The molecule has 6 rings (SSSR count). The maximum atomic E-state index is 14.9. The van der Waals surface area contributed by atoms with Gasteiger partial charge >= 0.3 is 11.7 Å². The number of hydrogen-bond acceptors (Lipinski definition) is 6. The predicted molar refractivity (Wildman–Crippen MR) is 216 cm³/mol. The maximum absolute atomic E-state index is 14.9. The predicted octanol–water partition coefficient (Wildman–Crippen LogP) is 5.37. The highest BCUT2D eigenvalue weighted by Gasteiger charge is 2.56. The minimum Gasteiger partial charge on any atom is -0.457 e. The van der Waals surface area contributed by atoms with Gasteiger partial charge in [-0.25, -0.2) is 9.59 Å². The number of ketones is 1. The Morgan fingerprint density at radius 1 is 0.811 bits per heavy atom. The van der Waals surface area contributed by atoms with Gasteiger partial charge in [0.05, 0.1) is 29.1 Å². The van der Waals surface area contributed by atoms with Crippen LogP contribution in [0.15, 0.2) is 127 Å². The number of hydrogen-bond donors (Lipinski definition) is 0. The van der Waals surface area contributed by atoms with Crippen molar-refractivity contribution < 1.29 is 23.5 Å². The summed E-state index contributed by atoms with van der Waals surface area (Å²) in [6.07, 6.45) is 0.893. The molecule has 1 saturated heterocycles. The number of nitrogens with zero attached hydrogens (tertiary/aromatic N) is 3. The molecule has 3 atom stereocenters. The molecule has 1 amide bonds. The number of amides is 1. The molecular formula is C42H46N3O6PSi. The van der Waals surface area contributed by atoms with E-state index in [1.165, 1.54) is 15.2 Å². The third-order valence-electron chi connectivity index (χ3n) is 9.79. The van der Waals surface area contributed by atoms with Gasteiger partial charge in [-0.2, -0.15) is 0 Å². The van der Waals surface area contributed by atoms with Crippen LogP contribution in [0.25, 0.3) is 11.0 Å². The average molecular weight is 748 g/mol. The van der Waals surface area contributed by atoms with Crippen LogP contribution in [-0.2, 0) is 32.8 Å². The molecule has 274 valence electrons. The van der Waals surface area contributed by atoms with Crippen molar-refractivity contribution in [2.75, 3.05) is 6.61 Å². The van der Waals surface area contributed by atoms with Crippen LogP contribution < -0.4 is 21.6 Å². The topological polar surface area (TPSA) is 99.8 Å². The van der Waals surface area contributed by atoms with Crippen molar-refractivity contribution in [2.45, 2.75) is 45.1 Å². The summed E-state index contributed by atoms with van der Waals surface area (Å²) in [6, 6.07) is 33.8. The highest BCUT2D eigenvalue weighted by molar-refractivity contribution is 7.96. The highest BCUT2D eigenvalue weighted by atomic mass is 31.2. The van der Waals surface area contributed by atoms with Crippen molar-refractivity contribution in [3.8, 4) is 0 Å². The lowest BCUT2D eigenvalue weighted by molar-refractivity contribution is -0.156. The molecule has 1 aliphatic rings. The van der Waals surface area contributed by atoms with E-state index in [0.717, 1.165) is 15.9 Å². The van der Waals surface area contributed by atoms with Crippen molar-refractivity contribution in [1.29, 1.82) is 0 Å². The van der Waals surface area contributed by atoms with E-state index in [1.807, 2.05) is 97.9 Å². The van der Waals surface area contributed by atoms with E-state index >= 15 is 0 Å². The van der Waals surface area contributed by atoms with Gasteiger partial charge in [0.15, 0.2) is 14.1 Å². The standard InChI is InChI=1S/C42H46N3O6PSi/c1-8-26-50-41(48)40(52(31-18-12-9-13-19-31,32-20-14-10-15-21-32)33-22-16-11-17-23-33)45-36(38(39(45)47)29(2)51-53(5,6)7)28-37(46)30-24-25-34-35(27-30)44(4)42(49)43(34)3/h8-25,27,29,36,38H,1,26,28H2,2-7H3/t29-,36-,38-/m1/s1. The quantitative estimate of drug-likeness (QED) is 0.0402. The van der Waals surface area contributed by atoms with Gasteiger partial charge in [-0.1, -0.05) is 104 Å². The number of benzene rings is 4. The summed E-state index contributed by atoms with van der Waals surface area (Å²) in [4.78, 5) is 58.5. The highest BCUT2D eigenvalue weighted by Crippen LogP contribution is 2.50. The first-order valence-electron chi connectivity index (χ1n) is 17.7. The largest absolute Gasteiger partial charge is 0.457 e. The second kappa shape index (κ2) is 15.1. The number of ether oxygens (including phenoxy) is 1. The SMILES string of the molecule is C=CCOC(=O)C(N1C(=O)[C@H]([C@@H](C)O[Si](C)(C)C)[C@H]1CC(=O)c1ccc2c(c1)n(C)c(=O)n2C)=P(c1ccccc1)(c1ccccc1)c1ccccc1. The van der Waals surface area contributed by atoms with E-state index < -0.39 is 39.2 Å². The number of Topliss-reactive ketones (excluding diaryl/α,β-unsaturated/α-hetero) is 1. The maximum Gasteiger partial charge on any atom is 0.356 e. The van der Waals surface area contributed by atoms with Crippen molar-refractivity contribution >= 4 is 65.2 Å². The molecule has 9 nitrogen and oxygen atoms in total. The number of β-lactam (4-membered cyclic amide) rings is 1. The molecule has 4 aromatic carbocycles. The monoisotopic (exact) mass is 747 g/mol. The van der Waals surface area contributed by atoms with Crippen LogP contribution >= 0.6 is 6.89 Å². The first kappa shape index (κ1) is 37.7. The molecule has 0 aliphatic carbocycles. The molecule has 0 unspecified atom stereocenters. The van der Waals surface area contributed by atoms with Crippen LogP contribution in [0, 0.1) is 5.92 Å². The summed E-state index contributed by atoms with van der Waals surface area (Å²) in [7, 11) is 1.22. The molecule has 11 heteroatoms. The summed E-state index contributed by atoms with van der Waals surface area (Å²) in [5, 5.41) is 2.56. The molecule has 53 heavy (non-hydrogen) atoms. The van der Waals surface area contributed by atoms with E-state index in [2.05, 4.69) is 26.2 Å². The summed E-state index contributed by atoms with van der Waals surface area (Å²) < 4.78 is 15.5. The Balaban J connectivity index is 1.64. The molecule has 0 radical (unpaired) electrons. The van der Waals surface area contributed by atoms with E-state index in [9.17, 15) is 19.2 Å². The Kier molecular flexibility index (Phi) is 10.8. The van der Waals surface area contributed by atoms with Crippen molar-refractivity contribution in [2.24, 2.45) is 20.0 Å². The van der Waals surface area contributed by atoms with Gasteiger partial charge in [-0.3, -0.25) is 18.7 Å². The van der Waals surface area contributed by atoms with Crippen LogP contribution in [0.1, 0.15) is 23.7 Å². The Morgan fingerprint density at radius 3 is 1.81 bits per heavy atom. The lowest BCUT2D eigenvalue weighted by atomic mass is 9.79. The molecule has 1 aromatic heterocycles. The zero-order chi connectivity index (χ0) is 38.1. The second-order valence-electron chi connectivity index (χ2n) is 14.4. The average Bonchev–Trinajstić information content (AvgIpc) is 3.36. The molecule has 1 fully saturated rings. The van der Waals surface area contributed by atoms with Gasteiger partial charge < -0.3 is 14.1 Å². The van der Waals surface area contributed by atoms with Gasteiger partial charge in [0, 0.05) is 33.0 Å². The Hall–Kier alpha value is -5.02. The summed E-state index contributed by atoms with van der Waals surface area (Å²) >= 11 is 0. The van der Waals surface area contributed by atoms with Crippen molar-refractivity contribution in [1.82, 2.24) is 14.0 Å². The van der Waals surface area contributed by atoms with Gasteiger partial charge in [-0.15, -0.1) is 0 Å². The van der Waals surface area contributed by atoms with Gasteiger partial charge in [-0.05, 0) is 60.7 Å². The minimum atomic E-state index is -3.18. The summed E-state index contributed by atoms with van der Waals surface area (Å²) in [5.74, 6) is -1.88. The smallest absolute Gasteiger partial charge is 0.356 e. The zero-order valence-electron chi connectivity index (χ0n) is 31.1. The van der Waals surface area contributed by atoms with Crippen LogP contribution in [-0.4, -0.2) is 64.2 Å². The lowest BCUT2D eigenvalue weighted by Gasteiger charge is -2.52. The van der Waals surface area contributed by atoms with Crippen LogP contribution in [0.5, 0.6) is 0 Å². The number of likely N-dealkylation sites (tertiary alicyclic amines) is 1. The number of rotatable bonds is 13. The van der Waals surface area contributed by atoms with Crippen molar-refractivity contribution in [3.63, 3.8) is 0 Å². The minimum absolute atomic E-state index is 0.0687. The molecule has 0 saturated carbocycles. The number of aryl methyl sites for hydroxylation is 2. The molecule has 0 N–H and O–H groups in total. The summed E-state index contributed by atoms with van der Waals surface area (Å²) in [5.41, 5.74) is 1.73. The van der Waals surface area contributed by atoms with Crippen molar-refractivity contribution in [3.05, 3.63) is 138 Å². The van der Waals surface area contributed by atoms with E-state index in [-0.39, 0.29) is 35.8 Å². The molecule has 0 spiro atoms. The molecule has 0 bridgehead atoms. The van der Waals surface area contributed by atoms with Gasteiger partial charge in [0.1, 0.15) is 12.0 Å². The molecule has 2 heterocycles. The number of aromatic nitrogens is 2. The molecular weight excluding hydrogens is 702 g/mol. The number of esters is 1. The van der Waals surface area contributed by atoms with E-state index in [1.54, 1.807) is 37.2 Å². The fraction of sp³-hybridized carbons (Fsp3) is 0.262. The summed E-state index contributed by atoms with van der Waals surface area (Å²) in [6.45, 7) is 8.59. The number of carbonyl (C=O) groups is 3. The van der Waals surface area contributed by atoms with Crippen LogP contribution in [0.4, 0.5) is 0 Å². The molecule has 1 aliphatic heterocycles. The van der Waals surface area contributed by atoms with Crippen LogP contribution in [0.3, 0.4) is 0 Å². The third-order valence-corrected chi connectivity index (χ3v) is 15.1. The van der Waals surface area contributed by atoms with E-state index in [4.69, 9.17) is 9.16 Å². The van der Waals surface area contributed by atoms with Crippen LogP contribution in [0.2, 0.25) is 19.6 Å². The fourth-order valence-corrected chi connectivity index (χ4v) is 13.2. The zero-order valence-corrected chi connectivity index (χ0v) is 33.0. The third kappa shape index (κ3) is 6.94. The number of fused-ring (bicyclic) bond motifs is 1. The first-order valence-corrected chi connectivity index (χ1v) is 22.9. The number of imidazole rings is 1. The van der Waals surface area contributed by atoms with Gasteiger partial charge in [0.25, 0.3) is 0 Å². The normalized spacial score (nSPS) is 16.6. The Bertz CT molecular complexity index is 2190. The first-order chi connectivity index (χ1) is 25.3. The Morgan fingerprint density at radius 2 is 1.32 bits per heavy atom. The van der Waals surface area contributed by atoms with E-state index in [0.29, 0.717) is 16.6 Å². The molecule has 5 aromatic rings. The fourth-order valence-electron chi connectivity index (χ4n) is 7.54. The second-order valence-corrected chi connectivity index (χ2v) is 22.1.